The van der Waals surface area contributed by atoms with E-state index in [1.807, 2.05) is 81.4 Å². The Hall–Kier alpha value is -1.68. The van der Waals surface area contributed by atoms with Crippen LogP contribution in [-0.4, -0.2) is 12.1 Å². The summed E-state index contributed by atoms with van der Waals surface area (Å²) in [4.78, 5) is 0. The molecule has 2 aromatic rings. The molecule has 118 valence electrons. The molecule has 22 heavy (non-hydrogen) atoms. The lowest BCUT2D eigenvalue weighted by atomic mass is 10.2. The number of benzene rings is 2. The van der Waals surface area contributed by atoms with E-state index in [4.69, 9.17) is 14.2 Å². The van der Waals surface area contributed by atoms with E-state index in [1.165, 1.54) is 0 Å². The molecule has 2 rings (SSSR count). The smallest absolute Gasteiger partial charge is 0.166 e. The van der Waals surface area contributed by atoms with Crippen LogP contribution in [0.2, 0.25) is 0 Å². The average Bonchev–Trinajstić information content (AvgIpc) is 2.53. The Labute approximate surface area is 132 Å². The maximum Gasteiger partial charge on any atom is 0.166 e. The Morgan fingerprint density at radius 2 is 1.32 bits per heavy atom. The Kier molecular flexibility index (Phi) is 6.13. The summed E-state index contributed by atoms with van der Waals surface area (Å²) in [6, 6.07) is 20.1. The van der Waals surface area contributed by atoms with E-state index in [0.29, 0.717) is 13.2 Å². The van der Waals surface area contributed by atoms with Gasteiger partial charge in [0.05, 0.1) is 13.2 Å². The Morgan fingerprint density at radius 1 is 0.818 bits per heavy atom. The van der Waals surface area contributed by atoms with Gasteiger partial charge in [-0.2, -0.15) is 0 Å². The molecule has 3 heteroatoms. The van der Waals surface area contributed by atoms with Crippen LogP contribution in [0.1, 0.15) is 31.9 Å². The van der Waals surface area contributed by atoms with Crippen LogP contribution in [0.5, 0.6) is 0 Å². The fraction of sp³-hybridized carbons (Fsp3) is 0.368. The summed E-state index contributed by atoms with van der Waals surface area (Å²) in [5.41, 5.74) is 2.25. The van der Waals surface area contributed by atoms with E-state index >= 15 is 0 Å². The van der Waals surface area contributed by atoms with Gasteiger partial charge in [0.15, 0.2) is 12.1 Å². The molecule has 0 spiro atoms. The van der Waals surface area contributed by atoms with Crippen LogP contribution in [0.3, 0.4) is 0 Å². The summed E-state index contributed by atoms with van der Waals surface area (Å²) < 4.78 is 17.4. The lowest BCUT2D eigenvalue weighted by Gasteiger charge is -2.29. The fourth-order valence-corrected chi connectivity index (χ4v) is 2.09. The zero-order valence-corrected chi connectivity index (χ0v) is 13.5. The van der Waals surface area contributed by atoms with Gasteiger partial charge < -0.3 is 14.2 Å². The van der Waals surface area contributed by atoms with Crippen molar-refractivity contribution < 1.29 is 14.2 Å². The van der Waals surface area contributed by atoms with Gasteiger partial charge in [-0.3, -0.25) is 0 Å². The predicted octanol–water partition coefficient (Wildman–Crippen LogP) is 4.52. The highest BCUT2D eigenvalue weighted by Crippen LogP contribution is 2.18. The second-order valence-electron chi connectivity index (χ2n) is 5.66. The third kappa shape index (κ3) is 5.98. The second-order valence-corrected chi connectivity index (χ2v) is 5.66. The molecule has 0 saturated carbocycles. The molecule has 2 aromatic carbocycles. The molecule has 3 nitrogen and oxygen atoms in total. The maximum atomic E-state index is 5.84. The van der Waals surface area contributed by atoms with Gasteiger partial charge in [0, 0.05) is 0 Å². The molecule has 0 saturated heterocycles. The van der Waals surface area contributed by atoms with Crippen LogP contribution in [-0.2, 0) is 27.4 Å². The minimum atomic E-state index is -0.702. The van der Waals surface area contributed by atoms with Crippen molar-refractivity contribution in [3.8, 4) is 0 Å². The van der Waals surface area contributed by atoms with E-state index in [0.717, 1.165) is 11.1 Å². The van der Waals surface area contributed by atoms with Crippen LogP contribution in [0.4, 0.5) is 0 Å². The molecule has 0 radical (unpaired) electrons. The van der Waals surface area contributed by atoms with Crippen molar-refractivity contribution >= 4 is 0 Å². The van der Waals surface area contributed by atoms with Crippen LogP contribution in [0.25, 0.3) is 0 Å². The lowest BCUT2D eigenvalue weighted by Crippen LogP contribution is -2.33. The summed E-state index contributed by atoms with van der Waals surface area (Å²) >= 11 is 0. The first-order valence-corrected chi connectivity index (χ1v) is 7.56. The summed E-state index contributed by atoms with van der Waals surface area (Å²) in [6.45, 7) is 6.73. The van der Waals surface area contributed by atoms with Gasteiger partial charge in [0.2, 0.25) is 0 Å². The molecular formula is C19H24O3. The van der Waals surface area contributed by atoms with Crippen LogP contribution >= 0.6 is 0 Å². The van der Waals surface area contributed by atoms with Gasteiger partial charge in [0.25, 0.3) is 0 Å². The van der Waals surface area contributed by atoms with Crippen molar-refractivity contribution in [2.24, 2.45) is 0 Å². The molecule has 0 aliphatic heterocycles. The lowest BCUT2D eigenvalue weighted by molar-refractivity contribution is -0.294. The molecule has 0 bridgehead atoms. The van der Waals surface area contributed by atoms with Crippen molar-refractivity contribution in [3.05, 3.63) is 71.8 Å². The monoisotopic (exact) mass is 300 g/mol. The minimum absolute atomic E-state index is 0.342. The number of ether oxygens (including phenoxy) is 3. The standard InChI is InChI=1S/C19H24O3/c1-16(20-14-17-10-6-4-7-11-17)22-19(2,3)21-15-18-12-8-5-9-13-18/h4-13,16H,14-15H2,1-3H3. The zero-order valence-electron chi connectivity index (χ0n) is 13.5. The molecule has 0 amide bonds. The van der Waals surface area contributed by atoms with E-state index in [-0.39, 0.29) is 6.29 Å². The van der Waals surface area contributed by atoms with Crippen LogP contribution in [0, 0.1) is 0 Å². The zero-order chi connectivity index (χ0) is 15.8. The topological polar surface area (TPSA) is 27.7 Å². The molecule has 0 aliphatic rings. The molecule has 0 N–H and O–H groups in total. The largest absolute Gasteiger partial charge is 0.348 e. The summed E-state index contributed by atoms with van der Waals surface area (Å²) in [5.74, 6) is -0.702. The van der Waals surface area contributed by atoms with Crippen molar-refractivity contribution in [2.75, 3.05) is 0 Å². The first kappa shape index (κ1) is 16.7. The second kappa shape index (κ2) is 8.08. The normalized spacial score (nSPS) is 13.0. The molecule has 0 aromatic heterocycles. The predicted molar refractivity (Wildman–Crippen MR) is 87.1 cm³/mol. The van der Waals surface area contributed by atoms with Gasteiger partial charge >= 0.3 is 0 Å². The minimum Gasteiger partial charge on any atom is -0.348 e. The first-order valence-electron chi connectivity index (χ1n) is 7.56. The maximum absolute atomic E-state index is 5.84. The summed E-state index contributed by atoms with van der Waals surface area (Å²) in [5, 5.41) is 0. The highest BCUT2D eigenvalue weighted by atomic mass is 16.8. The highest BCUT2D eigenvalue weighted by molar-refractivity contribution is 5.14. The third-order valence-corrected chi connectivity index (χ3v) is 3.21. The van der Waals surface area contributed by atoms with Crippen molar-refractivity contribution in [3.63, 3.8) is 0 Å². The van der Waals surface area contributed by atoms with Gasteiger partial charge in [-0.25, -0.2) is 0 Å². The van der Waals surface area contributed by atoms with Gasteiger partial charge in [-0.1, -0.05) is 60.7 Å². The molecule has 1 unspecified atom stereocenters. The summed E-state index contributed by atoms with van der Waals surface area (Å²) in [6.07, 6.45) is -0.342. The van der Waals surface area contributed by atoms with Gasteiger partial charge in [-0.05, 0) is 31.9 Å². The highest BCUT2D eigenvalue weighted by Gasteiger charge is 2.22. The average molecular weight is 300 g/mol. The van der Waals surface area contributed by atoms with Crippen molar-refractivity contribution in [1.82, 2.24) is 0 Å². The SMILES string of the molecule is CC(OCc1ccccc1)OC(C)(C)OCc1ccccc1. The molecular weight excluding hydrogens is 276 g/mol. The number of hydrogen-bond acceptors (Lipinski definition) is 3. The first-order chi connectivity index (χ1) is 10.6. The van der Waals surface area contributed by atoms with Gasteiger partial charge in [0.1, 0.15) is 0 Å². The molecule has 1 atom stereocenters. The fourth-order valence-electron chi connectivity index (χ4n) is 2.09. The molecule has 0 heterocycles. The van der Waals surface area contributed by atoms with Crippen molar-refractivity contribution in [1.29, 1.82) is 0 Å². The van der Waals surface area contributed by atoms with Crippen LogP contribution in [0.15, 0.2) is 60.7 Å². The summed E-state index contributed by atoms with van der Waals surface area (Å²) in [7, 11) is 0. The third-order valence-electron chi connectivity index (χ3n) is 3.21. The van der Waals surface area contributed by atoms with E-state index < -0.39 is 5.79 Å². The molecule has 0 aliphatic carbocycles. The van der Waals surface area contributed by atoms with E-state index in [1.54, 1.807) is 0 Å². The number of hydrogen-bond donors (Lipinski definition) is 0. The Morgan fingerprint density at radius 3 is 1.86 bits per heavy atom. The number of rotatable bonds is 8. The quantitative estimate of drug-likeness (QED) is 0.671. The molecule has 0 fully saturated rings. The van der Waals surface area contributed by atoms with Gasteiger partial charge in [-0.15, -0.1) is 0 Å². The van der Waals surface area contributed by atoms with E-state index in [9.17, 15) is 0 Å². The van der Waals surface area contributed by atoms with Crippen molar-refractivity contribution in [2.45, 2.75) is 46.1 Å². The Bertz CT molecular complexity index is 537. The van der Waals surface area contributed by atoms with E-state index in [2.05, 4.69) is 0 Å². The van der Waals surface area contributed by atoms with Crippen LogP contribution < -0.4 is 0 Å². The Balaban J connectivity index is 1.75.